The number of hydrogen-bond acceptors (Lipinski definition) is 8. The van der Waals surface area contributed by atoms with Gasteiger partial charge in [0.1, 0.15) is 0 Å². The third-order valence-electron chi connectivity index (χ3n) is 3.29. The van der Waals surface area contributed by atoms with Crippen LogP contribution in [0, 0.1) is 6.92 Å². The zero-order chi connectivity index (χ0) is 14.8. The molecule has 0 aliphatic carbocycles. The number of rotatable bonds is 4. The Morgan fingerprint density at radius 2 is 2.48 bits per heavy atom. The molecule has 3 rings (SSSR count). The summed E-state index contributed by atoms with van der Waals surface area (Å²) in [5.74, 6) is 1.17. The maximum absolute atomic E-state index is 12.4. The molecule has 1 aliphatic rings. The molecule has 1 aliphatic heterocycles. The van der Waals surface area contributed by atoms with Crippen LogP contribution in [0.4, 0.5) is 5.13 Å². The Bertz CT molecular complexity index is 641. The standard InChI is InChI=1S/C12H15N5O2S2/c1-7-5-9(19-16-7)8-3-2-4-17(8)10(18)6-20-12-15-14-11(13)21-12/h5,8H,2-4,6H2,1H3,(H2,13,14). The van der Waals surface area contributed by atoms with E-state index in [4.69, 9.17) is 10.3 Å². The van der Waals surface area contributed by atoms with Crippen molar-refractivity contribution in [2.75, 3.05) is 18.0 Å². The SMILES string of the molecule is Cc1cc(C2CCCN2C(=O)CSc2nnc(N)s2)on1. The first-order chi connectivity index (χ1) is 10.1. The maximum Gasteiger partial charge on any atom is 0.233 e. The zero-order valence-corrected chi connectivity index (χ0v) is 13.1. The van der Waals surface area contributed by atoms with E-state index in [2.05, 4.69) is 15.4 Å². The van der Waals surface area contributed by atoms with Crippen LogP contribution in [0.1, 0.15) is 30.3 Å². The van der Waals surface area contributed by atoms with Crippen LogP contribution in [0.3, 0.4) is 0 Å². The Kier molecular flexibility index (Phi) is 4.11. The molecule has 2 aromatic heterocycles. The summed E-state index contributed by atoms with van der Waals surface area (Å²) >= 11 is 2.66. The van der Waals surface area contributed by atoms with Gasteiger partial charge in [-0.1, -0.05) is 28.3 Å². The molecule has 21 heavy (non-hydrogen) atoms. The molecule has 1 atom stereocenters. The largest absolute Gasteiger partial charge is 0.374 e. The number of anilines is 1. The third-order valence-corrected chi connectivity index (χ3v) is 5.16. The number of nitrogens with two attached hydrogens (primary N) is 1. The minimum absolute atomic E-state index is 0.00112. The quantitative estimate of drug-likeness (QED) is 0.857. The van der Waals surface area contributed by atoms with Crippen molar-refractivity contribution >= 4 is 34.1 Å². The monoisotopic (exact) mass is 325 g/mol. The lowest BCUT2D eigenvalue weighted by atomic mass is 10.1. The average molecular weight is 325 g/mol. The van der Waals surface area contributed by atoms with E-state index in [9.17, 15) is 4.79 Å². The van der Waals surface area contributed by atoms with Gasteiger partial charge in [0.2, 0.25) is 11.0 Å². The predicted molar refractivity (Wildman–Crippen MR) is 80.0 cm³/mol. The highest BCUT2D eigenvalue weighted by molar-refractivity contribution is 8.01. The van der Waals surface area contributed by atoms with Crippen LogP contribution in [0.15, 0.2) is 14.9 Å². The average Bonchev–Trinajstić information content (AvgIpc) is 3.16. The van der Waals surface area contributed by atoms with Crippen LogP contribution in [-0.2, 0) is 4.79 Å². The van der Waals surface area contributed by atoms with Crippen molar-refractivity contribution in [3.8, 4) is 0 Å². The predicted octanol–water partition coefficient (Wildman–Crippen LogP) is 1.87. The molecule has 7 nitrogen and oxygen atoms in total. The highest BCUT2D eigenvalue weighted by atomic mass is 32.2. The lowest BCUT2D eigenvalue weighted by molar-refractivity contribution is -0.129. The van der Waals surface area contributed by atoms with Gasteiger partial charge >= 0.3 is 0 Å². The van der Waals surface area contributed by atoms with Crippen molar-refractivity contribution in [3.63, 3.8) is 0 Å². The molecule has 1 amide bonds. The summed E-state index contributed by atoms with van der Waals surface area (Å²) in [5, 5.41) is 12.0. The van der Waals surface area contributed by atoms with Gasteiger partial charge in [0.15, 0.2) is 10.1 Å². The second-order valence-corrected chi connectivity index (χ2v) is 7.04. The molecule has 0 saturated carbocycles. The van der Waals surface area contributed by atoms with E-state index in [1.807, 2.05) is 17.9 Å². The second-order valence-electron chi connectivity index (χ2n) is 4.81. The number of amides is 1. The smallest absolute Gasteiger partial charge is 0.233 e. The Balaban J connectivity index is 1.63. The lowest BCUT2D eigenvalue weighted by Gasteiger charge is -2.22. The molecule has 0 aromatic carbocycles. The molecular weight excluding hydrogens is 310 g/mol. The van der Waals surface area contributed by atoms with Crippen molar-refractivity contribution in [2.45, 2.75) is 30.1 Å². The Morgan fingerprint density at radius 3 is 3.14 bits per heavy atom. The second kappa shape index (κ2) is 6.02. The van der Waals surface area contributed by atoms with E-state index in [1.165, 1.54) is 23.1 Å². The number of thioether (sulfide) groups is 1. The first-order valence-corrected chi connectivity index (χ1v) is 8.38. The number of aromatic nitrogens is 3. The molecule has 0 spiro atoms. The summed E-state index contributed by atoms with van der Waals surface area (Å²) in [6.07, 6.45) is 1.89. The number of nitrogens with zero attached hydrogens (tertiary/aromatic N) is 4. The van der Waals surface area contributed by atoms with Crippen LogP contribution >= 0.6 is 23.1 Å². The van der Waals surface area contributed by atoms with Crippen molar-refractivity contribution in [1.82, 2.24) is 20.3 Å². The van der Waals surface area contributed by atoms with Crippen LogP contribution in [-0.4, -0.2) is 38.5 Å². The fourth-order valence-corrected chi connectivity index (χ4v) is 3.91. The molecule has 2 aromatic rings. The fraction of sp³-hybridized carbons (Fsp3) is 0.500. The van der Waals surface area contributed by atoms with Crippen molar-refractivity contribution in [3.05, 3.63) is 17.5 Å². The van der Waals surface area contributed by atoms with Gasteiger partial charge in [-0.05, 0) is 19.8 Å². The number of likely N-dealkylation sites (tertiary alicyclic amines) is 1. The molecule has 1 saturated heterocycles. The summed E-state index contributed by atoms with van der Waals surface area (Å²) in [7, 11) is 0. The molecule has 2 N–H and O–H groups in total. The van der Waals surface area contributed by atoms with E-state index in [0.29, 0.717) is 15.2 Å². The first-order valence-electron chi connectivity index (χ1n) is 6.58. The molecule has 112 valence electrons. The van der Waals surface area contributed by atoms with Gasteiger partial charge in [0.05, 0.1) is 17.5 Å². The van der Waals surface area contributed by atoms with Crippen molar-refractivity contribution < 1.29 is 9.32 Å². The Morgan fingerprint density at radius 1 is 1.62 bits per heavy atom. The maximum atomic E-state index is 12.4. The minimum atomic E-state index is -0.00112. The number of nitrogen functional groups attached to an aromatic ring is 1. The molecule has 0 radical (unpaired) electrons. The summed E-state index contributed by atoms with van der Waals surface area (Å²) in [6, 6.07) is 1.90. The van der Waals surface area contributed by atoms with E-state index in [-0.39, 0.29) is 11.9 Å². The van der Waals surface area contributed by atoms with E-state index >= 15 is 0 Å². The van der Waals surface area contributed by atoms with Gasteiger partial charge in [-0.2, -0.15) is 0 Å². The topological polar surface area (TPSA) is 98.1 Å². The number of carbonyl (C=O) groups is 1. The van der Waals surface area contributed by atoms with Crippen LogP contribution in [0.5, 0.6) is 0 Å². The van der Waals surface area contributed by atoms with Gasteiger partial charge in [-0.15, -0.1) is 10.2 Å². The van der Waals surface area contributed by atoms with Gasteiger partial charge in [-0.25, -0.2) is 0 Å². The minimum Gasteiger partial charge on any atom is -0.374 e. The first kappa shape index (κ1) is 14.3. The van der Waals surface area contributed by atoms with E-state index < -0.39 is 0 Å². The summed E-state index contributed by atoms with van der Waals surface area (Å²) < 4.78 is 6.02. The lowest BCUT2D eigenvalue weighted by Crippen LogP contribution is -2.31. The van der Waals surface area contributed by atoms with Gasteiger partial charge in [0, 0.05) is 12.6 Å². The number of aryl methyl sites for hydroxylation is 1. The highest BCUT2D eigenvalue weighted by Crippen LogP contribution is 2.33. The fourth-order valence-electron chi connectivity index (χ4n) is 2.39. The summed E-state index contributed by atoms with van der Waals surface area (Å²) in [4.78, 5) is 14.2. The van der Waals surface area contributed by atoms with Crippen molar-refractivity contribution in [1.29, 1.82) is 0 Å². The van der Waals surface area contributed by atoms with Crippen molar-refractivity contribution in [2.24, 2.45) is 0 Å². The van der Waals surface area contributed by atoms with E-state index in [0.717, 1.165) is 30.8 Å². The van der Waals surface area contributed by atoms with E-state index in [1.54, 1.807) is 0 Å². The molecule has 0 bridgehead atoms. The van der Waals surface area contributed by atoms with Crippen LogP contribution in [0.25, 0.3) is 0 Å². The Labute approximate surface area is 129 Å². The summed E-state index contributed by atoms with van der Waals surface area (Å²) in [6.45, 7) is 2.63. The number of carbonyl (C=O) groups excluding carboxylic acids is 1. The Hall–Kier alpha value is -1.61. The highest BCUT2D eigenvalue weighted by Gasteiger charge is 2.32. The van der Waals surface area contributed by atoms with Gasteiger partial charge < -0.3 is 15.2 Å². The van der Waals surface area contributed by atoms with Crippen LogP contribution < -0.4 is 5.73 Å². The zero-order valence-electron chi connectivity index (χ0n) is 11.5. The molecule has 1 unspecified atom stereocenters. The van der Waals surface area contributed by atoms with Gasteiger partial charge in [0.25, 0.3) is 0 Å². The normalized spacial score (nSPS) is 18.3. The molecular formula is C12H15N5O2S2. The molecule has 1 fully saturated rings. The van der Waals surface area contributed by atoms with Gasteiger partial charge in [-0.3, -0.25) is 4.79 Å². The number of hydrogen-bond donors (Lipinski definition) is 1. The molecule has 9 heteroatoms. The van der Waals surface area contributed by atoms with Crippen LogP contribution in [0.2, 0.25) is 0 Å². The summed E-state index contributed by atoms with van der Waals surface area (Å²) in [5.41, 5.74) is 6.36. The third kappa shape index (κ3) is 3.18. The molecule has 3 heterocycles.